The smallest absolute Gasteiger partial charge is 0.120 e. The maximum atomic E-state index is 10.0. The fourth-order valence-electron chi connectivity index (χ4n) is 3.21. The van der Waals surface area contributed by atoms with Crippen molar-refractivity contribution < 1.29 is 5.11 Å². The highest BCUT2D eigenvalue weighted by Crippen LogP contribution is 2.33. The third-order valence-corrected chi connectivity index (χ3v) is 4.75. The minimum Gasteiger partial charge on any atom is -0.508 e. The molecule has 3 nitrogen and oxygen atoms in total. The van der Waals surface area contributed by atoms with Gasteiger partial charge in [0.05, 0.1) is 0 Å². The summed E-state index contributed by atoms with van der Waals surface area (Å²) in [5.74, 6) is 0.341. The molecule has 0 saturated carbocycles. The van der Waals surface area contributed by atoms with Gasteiger partial charge in [0, 0.05) is 35.8 Å². The summed E-state index contributed by atoms with van der Waals surface area (Å²) in [6, 6.07) is 6.14. The zero-order valence-corrected chi connectivity index (χ0v) is 13.4. The van der Waals surface area contributed by atoms with E-state index in [1.807, 2.05) is 6.07 Å². The number of rotatable bonds is 5. The monoisotopic (exact) mass is 296 g/mol. The highest BCUT2D eigenvalue weighted by molar-refractivity contribution is 6.30. The molecule has 1 aromatic rings. The van der Waals surface area contributed by atoms with Crippen LogP contribution in [0.4, 0.5) is 0 Å². The first-order chi connectivity index (χ1) is 9.56. The third kappa shape index (κ3) is 3.27. The van der Waals surface area contributed by atoms with Crippen LogP contribution >= 0.6 is 11.6 Å². The van der Waals surface area contributed by atoms with Crippen molar-refractivity contribution in [3.05, 3.63) is 28.8 Å². The van der Waals surface area contributed by atoms with Crippen molar-refractivity contribution in [2.45, 2.75) is 39.3 Å². The van der Waals surface area contributed by atoms with Crippen molar-refractivity contribution in [2.24, 2.45) is 0 Å². The van der Waals surface area contributed by atoms with E-state index in [0.717, 1.165) is 31.7 Å². The number of likely N-dealkylation sites (N-methyl/N-ethyl adjacent to an activating group) is 1. The van der Waals surface area contributed by atoms with Gasteiger partial charge in [0.2, 0.25) is 0 Å². The summed E-state index contributed by atoms with van der Waals surface area (Å²) < 4.78 is 0. The fourth-order valence-corrected chi connectivity index (χ4v) is 3.40. The number of hydrogen-bond donors (Lipinski definition) is 1. The Morgan fingerprint density at radius 2 is 2.10 bits per heavy atom. The highest BCUT2D eigenvalue weighted by atomic mass is 35.5. The molecule has 0 aromatic heterocycles. The zero-order valence-electron chi connectivity index (χ0n) is 12.6. The summed E-state index contributed by atoms with van der Waals surface area (Å²) in [5, 5.41) is 10.7. The van der Waals surface area contributed by atoms with Crippen LogP contribution in [0, 0.1) is 0 Å². The molecule has 0 spiro atoms. The van der Waals surface area contributed by atoms with Crippen LogP contribution in [0.15, 0.2) is 18.2 Å². The van der Waals surface area contributed by atoms with Gasteiger partial charge < -0.3 is 5.11 Å². The highest BCUT2D eigenvalue weighted by Gasteiger charge is 2.30. The Hall–Kier alpha value is -0.770. The zero-order chi connectivity index (χ0) is 14.7. The predicted molar refractivity (Wildman–Crippen MR) is 84.4 cm³/mol. The summed E-state index contributed by atoms with van der Waals surface area (Å²) >= 11 is 6.05. The van der Waals surface area contributed by atoms with Crippen LogP contribution < -0.4 is 0 Å². The van der Waals surface area contributed by atoms with E-state index in [-0.39, 0.29) is 6.04 Å². The van der Waals surface area contributed by atoms with E-state index in [1.54, 1.807) is 12.1 Å². The topological polar surface area (TPSA) is 26.7 Å². The number of halogens is 1. The first kappa shape index (κ1) is 15.6. The molecule has 1 aromatic carbocycles. The molecule has 0 aliphatic carbocycles. The molecule has 1 aliphatic rings. The van der Waals surface area contributed by atoms with Gasteiger partial charge in [-0.15, -0.1) is 0 Å². The second-order valence-electron chi connectivity index (χ2n) is 5.54. The van der Waals surface area contributed by atoms with Crippen LogP contribution in [0.3, 0.4) is 0 Å². The molecule has 1 aliphatic heterocycles. The van der Waals surface area contributed by atoms with Crippen molar-refractivity contribution in [3.8, 4) is 5.75 Å². The van der Waals surface area contributed by atoms with E-state index in [0.29, 0.717) is 16.8 Å². The summed E-state index contributed by atoms with van der Waals surface area (Å²) in [7, 11) is 0. The van der Waals surface area contributed by atoms with Gasteiger partial charge in [-0.1, -0.05) is 25.4 Å². The van der Waals surface area contributed by atoms with Crippen LogP contribution in [-0.2, 0) is 0 Å². The summed E-state index contributed by atoms with van der Waals surface area (Å²) in [5.41, 5.74) is 0.928. The summed E-state index contributed by atoms with van der Waals surface area (Å²) in [4.78, 5) is 4.96. The Kier molecular flexibility index (Phi) is 5.30. The molecule has 1 fully saturated rings. The van der Waals surface area contributed by atoms with Gasteiger partial charge >= 0.3 is 0 Å². The number of benzene rings is 1. The number of aromatic hydroxyl groups is 1. The molecular weight excluding hydrogens is 272 g/mol. The van der Waals surface area contributed by atoms with E-state index in [9.17, 15) is 5.11 Å². The first-order valence-electron chi connectivity index (χ1n) is 7.53. The molecule has 1 saturated heterocycles. The number of likely N-dealkylation sites (tertiary alicyclic amines) is 1. The molecule has 0 bridgehead atoms. The van der Waals surface area contributed by atoms with E-state index in [2.05, 4.69) is 30.6 Å². The van der Waals surface area contributed by atoms with Gasteiger partial charge in [-0.2, -0.15) is 0 Å². The Labute approximate surface area is 127 Å². The molecule has 2 atom stereocenters. The average Bonchev–Trinajstić information content (AvgIpc) is 2.92. The normalized spacial score (nSPS) is 21.6. The number of phenols is 1. The maximum absolute atomic E-state index is 10.0. The molecule has 0 radical (unpaired) electrons. The van der Waals surface area contributed by atoms with Crippen LogP contribution in [-0.4, -0.2) is 47.1 Å². The fraction of sp³-hybridized carbons (Fsp3) is 0.625. The van der Waals surface area contributed by atoms with Crippen LogP contribution in [0.25, 0.3) is 0 Å². The molecule has 4 heteroatoms. The Morgan fingerprint density at radius 3 is 2.75 bits per heavy atom. The summed E-state index contributed by atoms with van der Waals surface area (Å²) in [6.07, 6.45) is 1.20. The van der Waals surface area contributed by atoms with Crippen molar-refractivity contribution in [1.82, 2.24) is 9.80 Å². The van der Waals surface area contributed by atoms with Crippen LogP contribution in [0.1, 0.15) is 38.8 Å². The van der Waals surface area contributed by atoms with Gasteiger partial charge in [-0.25, -0.2) is 0 Å². The second kappa shape index (κ2) is 6.79. The molecule has 1 heterocycles. The largest absolute Gasteiger partial charge is 0.508 e. The van der Waals surface area contributed by atoms with Crippen molar-refractivity contribution in [2.75, 3.05) is 26.2 Å². The molecule has 2 rings (SSSR count). The Bertz CT molecular complexity index is 448. The predicted octanol–water partition coefficient (Wildman–Crippen LogP) is 3.52. The van der Waals surface area contributed by atoms with E-state index in [1.165, 1.54) is 6.42 Å². The second-order valence-corrected chi connectivity index (χ2v) is 5.97. The van der Waals surface area contributed by atoms with Gasteiger partial charge in [-0.3, -0.25) is 9.80 Å². The molecule has 112 valence electrons. The van der Waals surface area contributed by atoms with Crippen molar-refractivity contribution >= 4 is 11.6 Å². The molecule has 20 heavy (non-hydrogen) atoms. The minimum absolute atomic E-state index is 0.203. The number of hydrogen-bond acceptors (Lipinski definition) is 3. The Morgan fingerprint density at radius 1 is 1.40 bits per heavy atom. The van der Waals surface area contributed by atoms with Gasteiger partial charge in [0.15, 0.2) is 0 Å². The summed E-state index contributed by atoms with van der Waals surface area (Å²) in [6.45, 7) is 10.9. The van der Waals surface area contributed by atoms with Gasteiger partial charge in [0.1, 0.15) is 5.75 Å². The first-order valence-corrected chi connectivity index (χ1v) is 7.91. The van der Waals surface area contributed by atoms with Crippen molar-refractivity contribution in [1.29, 1.82) is 0 Å². The molecular formula is C16H25ClN2O. The maximum Gasteiger partial charge on any atom is 0.120 e. The standard InChI is InChI=1S/C16H25ClN2O/c1-4-18(5-2)14-8-9-19(11-14)12(3)15-10-13(17)6-7-16(15)20/h6-7,10,12,14,20H,4-5,8-9,11H2,1-3H3. The average molecular weight is 297 g/mol. The molecule has 0 amide bonds. The lowest BCUT2D eigenvalue weighted by Gasteiger charge is -2.29. The van der Waals surface area contributed by atoms with E-state index < -0.39 is 0 Å². The molecule has 1 N–H and O–H groups in total. The minimum atomic E-state index is 0.203. The lowest BCUT2D eigenvalue weighted by Crippen LogP contribution is -2.37. The lowest BCUT2D eigenvalue weighted by molar-refractivity contribution is 0.192. The number of nitrogens with zero attached hydrogens (tertiary/aromatic N) is 2. The quantitative estimate of drug-likeness (QED) is 0.900. The van der Waals surface area contributed by atoms with Crippen LogP contribution in [0.5, 0.6) is 5.75 Å². The Balaban J connectivity index is 2.07. The van der Waals surface area contributed by atoms with E-state index in [4.69, 9.17) is 11.6 Å². The third-order valence-electron chi connectivity index (χ3n) is 4.51. The molecule has 2 unspecified atom stereocenters. The van der Waals surface area contributed by atoms with Crippen molar-refractivity contribution in [3.63, 3.8) is 0 Å². The van der Waals surface area contributed by atoms with Gasteiger partial charge in [0.25, 0.3) is 0 Å². The van der Waals surface area contributed by atoms with Gasteiger partial charge in [-0.05, 0) is 44.6 Å². The van der Waals surface area contributed by atoms with Crippen LogP contribution in [0.2, 0.25) is 5.02 Å². The lowest BCUT2D eigenvalue weighted by atomic mass is 10.1. The number of phenolic OH excluding ortho intramolecular Hbond substituents is 1. The SMILES string of the molecule is CCN(CC)C1CCN(C(C)c2cc(Cl)ccc2O)C1. The van der Waals surface area contributed by atoms with E-state index >= 15 is 0 Å².